The molecule has 0 aliphatic carbocycles. The molecule has 2 aromatic carbocycles. The van der Waals surface area contributed by atoms with E-state index in [0.29, 0.717) is 89.5 Å². The third-order valence-corrected chi connectivity index (χ3v) is 10.4. The number of hydrogen-bond acceptors (Lipinski definition) is 10. The predicted molar refractivity (Wildman–Crippen MR) is 232 cm³/mol. The molecule has 0 aliphatic heterocycles. The number of nitrogens with one attached hydrogen (secondary N) is 4. The lowest BCUT2D eigenvalue weighted by molar-refractivity contribution is -0.120. The quantitative estimate of drug-likeness (QED) is 0.0317. The Morgan fingerprint density at radius 2 is 1.42 bits per heavy atom. The predicted octanol–water partition coefficient (Wildman–Crippen LogP) is 6.53. The summed E-state index contributed by atoms with van der Waals surface area (Å²) in [6.45, 7) is 19.4. The minimum atomic E-state index is -0.427. The molecule has 14 heteroatoms. The Hall–Kier alpha value is -3.95. The van der Waals surface area contributed by atoms with Gasteiger partial charge in [-0.1, -0.05) is 53.7 Å². The first kappa shape index (κ1) is 47.2. The maximum absolute atomic E-state index is 13.9. The summed E-state index contributed by atoms with van der Waals surface area (Å²) in [7, 11) is 0. The molecule has 0 unspecified atom stereocenters. The number of thioether (sulfide) groups is 2. The van der Waals surface area contributed by atoms with Crippen molar-refractivity contribution >= 4 is 65.2 Å². The van der Waals surface area contributed by atoms with Crippen molar-refractivity contribution in [1.82, 2.24) is 10.6 Å². The molecular weight excluding hydrogens is 733 g/mol. The van der Waals surface area contributed by atoms with Crippen LogP contribution in [-0.2, 0) is 15.0 Å². The number of carbonyl (C=O) groups is 4. The molecular formula is C41H62N8O4S2. The second kappa shape index (κ2) is 23.2. The average molecular weight is 795 g/mol. The van der Waals surface area contributed by atoms with Gasteiger partial charge in [-0.25, -0.2) is 0 Å². The summed E-state index contributed by atoms with van der Waals surface area (Å²) in [5.41, 5.74) is 20.7. The molecule has 12 nitrogen and oxygen atoms in total. The van der Waals surface area contributed by atoms with Crippen LogP contribution in [0.25, 0.3) is 0 Å². The first-order chi connectivity index (χ1) is 25.9. The number of amides is 4. The fourth-order valence-corrected chi connectivity index (χ4v) is 6.79. The topological polar surface area (TPSA) is 207 Å². The second-order valence-corrected chi connectivity index (χ2v) is 17.5. The molecule has 10 N–H and O–H groups in total. The minimum Gasteiger partial charge on any atom is -0.330 e. The zero-order chi connectivity index (χ0) is 41.2. The Morgan fingerprint density at radius 3 is 2.00 bits per heavy atom. The fourth-order valence-electron chi connectivity index (χ4n) is 5.06. The van der Waals surface area contributed by atoms with Gasteiger partial charge in [0.15, 0.2) is 0 Å². The van der Waals surface area contributed by atoms with Crippen LogP contribution >= 0.6 is 23.5 Å². The van der Waals surface area contributed by atoms with Gasteiger partial charge in [0.1, 0.15) is 0 Å². The van der Waals surface area contributed by atoms with Gasteiger partial charge in [0.2, 0.25) is 11.8 Å². The maximum atomic E-state index is 13.9. The highest BCUT2D eigenvalue weighted by molar-refractivity contribution is 8.03. The fraction of sp³-hybridized carbons (Fsp3) is 0.488. The average Bonchev–Trinajstić information content (AvgIpc) is 3.11. The van der Waals surface area contributed by atoms with Crippen molar-refractivity contribution in [3.63, 3.8) is 0 Å². The molecule has 2 aromatic rings. The molecule has 0 bridgehead atoms. The van der Waals surface area contributed by atoms with Crippen molar-refractivity contribution in [2.24, 2.45) is 27.6 Å². The summed E-state index contributed by atoms with van der Waals surface area (Å²) in [5.74, 6) is -0.0666. The molecule has 0 radical (unpaired) electrons. The molecule has 2 rings (SSSR count). The van der Waals surface area contributed by atoms with Crippen LogP contribution in [0, 0.1) is 5.41 Å². The third-order valence-electron chi connectivity index (χ3n) is 8.00. The van der Waals surface area contributed by atoms with E-state index in [4.69, 9.17) is 17.2 Å². The highest BCUT2D eigenvalue weighted by Gasteiger charge is 2.23. The molecule has 0 saturated heterocycles. The Morgan fingerprint density at radius 1 is 0.800 bits per heavy atom. The number of benzene rings is 2. The maximum Gasteiger partial charge on any atom is 0.255 e. The number of nitrogens with zero attached hydrogens (tertiary/aromatic N) is 1. The molecule has 0 aromatic heterocycles. The van der Waals surface area contributed by atoms with Crippen molar-refractivity contribution in [2.45, 2.75) is 90.9 Å². The van der Waals surface area contributed by atoms with Gasteiger partial charge in [0.25, 0.3) is 11.8 Å². The van der Waals surface area contributed by atoms with Crippen LogP contribution < -0.4 is 38.5 Å². The number of carbonyl (C=O) groups excluding carboxylic acids is 4. The van der Waals surface area contributed by atoms with Crippen molar-refractivity contribution in [2.75, 3.05) is 48.3 Å². The molecule has 0 spiro atoms. The first-order valence-corrected chi connectivity index (χ1v) is 20.6. The van der Waals surface area contributed by atoms with E-state index in [0.717, 1.165) is 5.56 Å². The number of allylic oxidation sites excluding steroid dienone is 2. The van der Waals surface area contributed by atoms with Gasteiger partial charge in [0.05, 0.1) is 22.0 Å². The smallest absolute Gasteiger partial charge is 0.255 e. The largest absolute Gasteiger partial charge is 0.330 e. The van der Waals surface area contributed by atoms with Crippen LogP contribution in [-0.4, -0.2) is 68.0 Å². The van der Waals surface area contributed by atoms with E-state index in [1.54, 1.807) is 25.1 Å². The lowest BCUT2D eigenvalue weighted by atomic mass is 9.86. The number of aliphatic imine (C=N–C) groups is 1. The second-order valence-electron chi connectivity index (χ2n) is 15.3. The number of anilines is 2. The summed E-state index contributed by atoms with van der Waals surface area (Å²) >= 11 is 2.88. The van der Waals surface area contributed by atoms with E-state index < -0.39 is 11.8 Å². The Bertz CT molecular complexity index is 1710. The lowest BCUT2D eigenvalue weighted by Crippen LogP contribution is -2.28. The van der Waals surface area contributed by atoms with Crippen LogP contribution in [0.1, 0.15) is 107 Å². The zero-order valence-electron chi connectivity index (χ0n) is 33.7. The normalized spacial score (nSPS) is 12.4. The standard InChI is InChI=1S/C41H62N8O4S2/c1-27(36(54-22-19-43)31(16-17-40(2,3)4)47-35(51)15-11-21-45-8)46-38(52)28-12-9-13-29(24-28)39(53)49-33-26-30(41(5,6)7)25-32(37(33)55-23-20-44)48-34(50)14-10-18-42/h9,12-13,16,24-26H,8,10-11,14-15,17-23,42-44H2,1-7H3,(H,46,52)(H,47,51)(H,48,50)(H,49,53)/b31-16+,36-27-. The monoisotopic (exact) mass is 794 g/mol. The molecule has 302 valence electrons. The van der Waals surface area contributed by atoms with Crippen molar-refractivity contribution < 1.29 is 19.2 Å². The summed E-state index contributed by atoms with van der Waals surface area (Å²) in [5, 5.41) is 12.1. The van der Waals surface area contributed by atoms with Crippen LogP contribution in [0.3, 0.4) is 0 Å². The van der Waals surface area contributed by atoms with Crippen LogP contribution in [0.5, 0.6) is 0 Å². The van der Waals surface area contributed by atoms with E-state index in [2.05, 4.69) is 74.5 Å². The van der Waals surface area contributed by atoms with Crippen LogP contribution in [0.2, 0.25) is 0 Å². The highest BCUT2D eigenvalue weighted by atomic mass is 32.2. The molecule has 0 fully saturated rings. The van der Waals surface area contributed by atoms with E-state index in [1.807, 2.05) is 18.2 Å². The summed E-state index contributed by atoms with van der Waals surface area (Å²) < 4.78 is 0. The van der Waals surface area contributed by atoms with E-state index in [-0.39, 0.29) is 46.6 Å². The highest BCUT2D eigenvalue weighted by Crippen LogP contribution is 2.39. The SMILES string of the molecule is C=NCCCC(=O)NC(=C/CC(C)(C)C)/C(SCCN)=C(\C)NC(=O)c1cccc(C(=O)Nc2cc(C(C)(C)C)cc(NC(=O)CCCN)c2SCCN)c1. The van der Waals surface area contributed by atoms with Crippen molar-refractivity contribution in [3.05, 3.63) is 75.5 Å². The Labute approximate surface area is 336 Å². The van der Waals surface area contributed by atoms with Crippen molar-refractivity contribution in [3.8, 4) is 0 Å². The van der Waals surface area contributed by atoms with Gasteiger partial charge in [-0.2, -0.15) is 0 Å². The van der Waals surface area contributed by atoms with E-state index in [1.165, 1.54) is 29.6 Å². The van der Waals surface area contributed by atoms with Gasteiger partial charge in [0, 0.05) is 65.7 Å². The van der Waals surface area contributed by atoms with E-state index in [9.17, 15) is 19.2 Å². The van der Waals surface area contributed by atoms with Gasteiger partial charge in [-0.15, -0.1) is 23.5 Å². The molecule has 0 heterocycles. The summed E-state index contributed by atoms with van der Waals surface area (Å²) in [6.07, 6.45) is 4.32. The van der Waals surface area contributed by atoms with Gasteiger partial charge in [-0.3, -0.25) is 19.2 Å². The number of hydrogen-bond donors (Lipinski definition) is 7. The lowest BCUT2D eigenvalue weighted by Gasteiger charge is -2.24. The molecule has 0 aliphatic rings. The van der Waals surface area contributed by atoms with Gasteiger partial charge >= 0.3 is 0 Å². The molecule has 55 heavy (non-hydrogen) atoms. The summed E-state index contributed by atoms with van der Waals surface area (Å²) in [4.78, 5) is 58.6. The first-order valence-electron chi connectivity index (χ1n) is 18.6. The number of nitrogens with two attached hydrogens (primary N) is 3. The van der Waals surface area contributed by atoms with E-state index >= 15 is 0 Å². The van der Waals surface area contributed by atoms with Gasteiger partial charge in [-0.05, 0) is 86.2 Å². The molecule has 0 saturated carbocycles. The van der Waals surface area contributed by atoms with Crippen LogP contribution in [0.4, 0.5) is 11.4 Å². The Kier molecular flexibility index (Phi) is 19.9. The van der Waals surface area contributed by atoms with Crippen LogP contribution in [0.15, 0.2) is 68.7 Å². The zero-order valence-corrected chi connectivity index (χ0v) is 35.3. The minimum absolute atomic E-state index is 0.0531. The van der Waals surface area contributed by atoms with Gasteiger partial charge < -0.3 is 43.5 Å². The number of rotatable bonds is 21. The Balaban J connectivity index is 2.51. The molecule has 4 amide bonds. The summed E-state index contributed by atoms with van der Waals surface area (Å²) in [6, 6.07) is 10.3. The van der Waals surface area contributed by atoms with Crippen molar-refractivity contribution in [1.29, 1.82) is 0 Å². The third kappa shape index (κ3) is 16.8. The molecule has 0 atom stereocenters.